The van der Waals surface area contributed by atoms with Crippen molar-refractivity contribution in [1.82, 2.24) is 10.3 Å². The van der Waals surface area contributed by atoms with Crippen molar-refractivity contribution < 1.29 is 14.3 Å². The summed E-state index contributed by atoms with van der Waals surface area (Å²) >= 11 is 17.8. The Bertz CT molecular complexity index is 1010. The molecule has 3 aromatic rings. The van der Waals surface area contributed by atoms with Crippen LogP contribution in [0.25, 0.3) is 0 Å². The molecule has 1 aromatic heterocycles. The lowest BCUT2D eigenvalue weighted by molar-refractivity contribution is -0.129. The van der Waals surface area contributed by atoms with Gasteiger partial charge < -0.3 is 10.1 Å². The van der Waals surface area contributed by atoms with Crippen molar-refractivity contribution in [1.29, 1.82) is 0 Å². The van der Waals surface area contributed by atoms with Gasteiger partial charge >= 0.3 is 5.97 Å². The topological polar surface area (TPSA) is 68.3 Å². The monoisotopic (exact) mass is 462 g/mol. The maximum atomic E-state index is 12.8. The first-order chi connectivity index (χ1) is 14.4. The normalized spacial score (nSPS) is 11.8. The van der Waals surface area contributed by atoms with Crippen molar-refractivity contribution in [3.8, 4) is 0 Å². The van der Waals surface area contributed by atoms with Gasteiger partial charge in [0.2, 0.25) is 0 Å². The van der Waals surface area contributed by atoms with E-state index in [2.05, 4.69) is 10.3 Å². The second kappa shape index (κ2) is 9.94. The largest absolute Gasteiger partial charge is 0.448 e. The minimum absolute atomic E-state index is 0.00870. The van der Waals surface area contributed by atoms with Gasteiger partial charge in [0, 0.05) is 6.20 Å². The summed E-state index contributed by atoms with van der Waals surface area (Å²) in [6.07, 6.45) is 0.0949. The molecular weight excluding hydrogens is 447 g/mol. The van der Waals surface area contributed by atoms with Crippen LogP contribution < -0.4 is 5.32 Å². The van der Waals surface area contributed by atoms with Crippen LogP contribution in [0.3, 0.4) is 0 Å². The number of halogens is 3. The highest BCUT2D eigenvalue weighted by Gasteiger charge is 2.26. The van der Waals surface area contributed by atoms with E-state index in [0.29, 0.717) is 0 Å². The highest BCUT2D eigenvalue weighted by molar-refractivity contribution is 6.48. The van der Waals surface area contributed by atoms with E-state index in [1.165, 1.54) is 13.1 Å². The fourth-order valence-electron chi connectivity index (χ4n) is 2.77. The maximum absolute atomic E-state index is 12.8. The van der Waals surface area contributed by atoms with Gasteiger partial charge in [0.15, 0.2) is 11.8 Å². The van der Waals surface area contributed by atoms with Crippen LogP contribution in [0.15, 0.2) is 66.9 Å². The van der Waals surface area contributed by atoms with E-state index in [1.54, 1.807) is 0 Å². The molecule has 1 amide bonds. The lowest BCUT2D eigenvalue weighted by Gasteiger charge is -2.22. The number of nitrogens with zero attached hydrogens (tertiary/aromatic N) is 1. The Kier molecular flexibility index (Phi) is 7.32. The Morgan fingerprint density at radius 1 is 0.900 bits per heavy atom. The van der Waals surface area contributed by atoms with Crippen LogP contribution in [0.1, 0.15) is 34.6 Å². The summed E-state index contributed by atoms with van der Waals surface area (Å²) in [5.74, 6) is -1.35. The van der Waals surface area contributed by atoms with E-state index >= 15 is 0 Å². The van der Waals surface area contributed by atoms with Gasteiger partial charge in [0.25, 0.3) is 5.91 Å². The van der Waals surface area contributed by atoms with Gasteiger partial charge in [-0.25, -0.2) is 9.78 Å². The van der Waals surface area contributed by atoms with Gasteiger partial charge in [-0.1, -0.05) is 95.5 Å². The van der Waals surface area contributed by atoms with Gasteiger partial charge in [0.05, 0.1) is 21.1 Å². The molecule has 8 heteroatoms. The number of hydrogen-bond donors (Lipinski definition) is 1. The zero-order chi connectivity index (χ0) is 21.7. The minimum Gasteiger partial charge on any atom is -0.448 e. The Morgan fingerprint density at radius 2 is 1.43 bits per heavy atom. The smallest absolute Gasteiger partial charge is 0.359 e. The van der Waals surface area contributed by atoms with Crippen LogP contribution in [-0.2, 0) is 9.53 Å². The summed E-state index contributed by atoms with van der Waals surface area (Å²) in [4.78, 5) is 29.1. The molecule has 30 heavy (non-hydrogen) atoms. The Balaban J connectivity index is 1.76. The van der Waals surface area contributed by atoms with Crippen LogP contribution in [-0.4, -0.2) is 23.0 Å². The second-order valence-corrected chi connectivity index (χ2v) is 7.56. The summed E-state index contributed by atoms with van der Waals surface area (Å²) in [6, 6.07) is 18.6. The summed E-state index contributed by atoms with van der Waals surface area (Å²) in [6.45, 7) is 1.46. The molecule has 1 heterocycles. The minimum atomic E-state index is -1.10. The van der Waals surface area contributed by atoms with Gasteiger partial charge in [-0.05, 0) is 18.1 Å². The van der Waals surface area contributed by atoms with Crippen molar-refractivity contribution in [2.45, 2.75) is 19.1 Å². The fourth-order valence-corrected chi connectivity index (χ4v) is 3.32. The predicted molar refractivity (Wildman–Crippen MR) is 117 cm³/mol. The van der Waals surface area contributed by atoms with Crippen molar-refractivity contribution in [3.63, 3.8) is 0 Å². The Labute approximate surface area is 188 Å². The summed E-state index contributed by atoms with van der Waals surface area (Å²) < 4.78 is 5.25. The van der Waals surface area contributed by atoms with E-state index in [0.717, 1.165) is 11.1 Å². The molecule has 3 rings (SSSR count). The van der Waals surface area contributed by atoms with Crippen molar-refractivity contribution >= 4 is 46.7 Å². The number of benzene rings is 2. The van der Waals surface area contributed by atoms with E-state index in [4.69, 9.17) is 39.5 Å². The van der Waals surface area contributed by atoms with E-state index in [9.17, 15) is 9.59 Å². The number of amides is 1. The Morgan fingerprint density at radius 3 is 1.97 bits per heavy atom. The quantitative estimate of drug-likeness (QED) is 0.491. The fraction of sp³-hybridized carbons (Fsp3) is 0.136. The second-order valence-electron chi connectivity index (χ2n) is 6.39. The molecule has 0 saturated heterocycles. The summed E-state index contributed by atoms with van der Waals surface area (Å²) in [7, 11) is 0. The van der Waals surface area contributed by atoms with E-state index < -0.39 is 24.0 Å². The number of aromatic nitrogens is 1. The van der Waals surface area contributed by atoms with Gasteiger partial charge in [-0.3, -0.25) is 4.79 Å². The third-order valence-corrected chi connectivity index (χ3v) is 5.56. The molecule has 0 saturated carbocycles. The molecule has 0 radical (unpaired) electrons. The number of rotatable bonds is 6. The lowest BCUT2D eigenvalue weighted by Crippen LogP contribution is -2.38. The van der Waals surface area contributed by atoms with Crippen molar-refractivity contribution in [2.75, 3.05) is 0 Å². The maximum Gasteiger partial charge on any atom is 0.359 e. The molecule has 1 atom stereocenters. The first-order valence-corrected chi connectivity index (χ1v) is 10.1. The van der Waals surface area contributed by atoms with Crippen LogP contribution in [0.2, 0.25) is 15.1 Å². The molecule has 5 nitrogen and oxygen atoms in total. The highest BCUT2D eigenvalue weighted by Crippen LogP contribution is 2.31. The van der Waals surface area contributed by atoms with Crippen molar-refractivity contribution in [2.24, 2.45) is 0 Å². The first-order valence-electron chi connectivity index (χ1n) is 8.99. The van der Waals surface area contributed by atoms with Crippen LogP contribution in [0.4, 0.5) is 0 Å². The standard InChI is InChI=1S/C22H17Cl3N2O3/c1-13(30-22(29)20-18(25)17(24)16(23)12-26-20)21(28)27-19(14-8-4-2-5-9-14)15-10-6-3-7-11-15/h2-13,19H,1H3,(H,27,28)/t13-/m1/s1. The molecule has 154 valence electrons. The third kappa shape index (κ3) is 5.11. The molecule has 0 aliphatic carbocycles. The molecular formula is C22H17Cl3N2O3. The van der Waals surface area contributed by atoms with Crippen LogP contribution >= 0.6 is 34.8 Å². The molecule has 2 aromatic carbocycles. The zero-order valence-corrected chi connectivity index (χ0v) is 18.1. The highest BCUT2D eigenvalue weighted by atomic mass is 35.5. The molecule has 0 unspecified atom stereocenters. The molecule has 0 aliphatic rings. The molecule has 0 spiro atoms. The molecule has 0 aliphatic heterocycles. The predicted octanol–water partition coefficient (Wildman–Crippen LogP) is 5.49. The number of hydrogen-bond acceptors (Lipinski definition) is 4. The summed E-state index contributed by atoms with van der Waals surface area (Å²) in [5, 5.41) is 2.89. The van der Waals surface area contributed by atoms with E-state index in [1.807, 2.05) is 60.7 Å². The van der Waals surface area contributed by atoms with Gasteiger partial charge in [0.1, 0.15) is 0 Å². The number of nitrogens with one attached hydrogen (secondary N) is 1. The van der Waals surface area contributed by atoms with E-state index in [-0.39, 0.29) is 20.8 Å². The molecule has 1 N–H and O–H groups in total. The molecule has 0 bridgehead atoms. The third-order valence-electron chi connectivity index (χ3n) is 4.32. The van der Waals surface area contributed by atoms with Crippen LogP contribution in [0, 0.1) is 0 Å². The SMILES string of the molecule is C[C@@H](OC(=O)c1ncc(Cl)c(Cl)c1Cl)C(=O)NC(c1ccccc1)c1ccccc1. The molecule has 0 fully saturated rings. The number of ether oxygens (including phenoxy) is 1. The Hall–Kier alpha value is -2.60. The van der Waals surface area contributed by atoms with Gasteiger partial charge in [-0.15, -0.1) is 0 Å². The zero-order valence-electron chi connectivity index (χ0n) is 15.8. The summed E-state index contributed by atoms with van der Waals surface area (Å²) in [5.41, 5.74) is 1.57. The average molecular weight is 464 g/mol. The van der Waals surface area contributed by atoms with Crippen LogP contribution in [0.5, 0.6) is 0 Å². The first kappa shape index (κ1) is 22.1. The van der Waals surface area contributed by atoms with Gasteiger partial charge in [-0.2, -0.15) is 0 Å². The number of carbonyl (C=O) groups is 2. The average Bonchev–Trinajstić information content (AvgIpc) is 2.76. The number of carbonyl (C=O) groups excluding carboxylic acids is 2. The van der Waals surface area contributed by atoms with Crippen molar-refractivity contribution in [3.05, 3.63) is 98.7 Å². The number of esters is 1. The lowest BCUT2D eigenvalue weighted by atomic mass is 9.98. The number of pyridine rings is 1.